The Kier molecular flexibility index (Phi) is 8.62. The van der Waals surface area contributed by atoms with Crippen molar-refractivity contribution >= 4 is 5.69 Å². The highest BCUT2D eigenvalue weighted by atomic mass is 19.4. The third-order valence-corrected chi connectivity index (χ3v) is 4.82. The topological polar surface area (TPSA) is 51.2 Å². The second-order valence-electron chi connectivity index (χ2n) is 7.93. The number of alkyl halides is 11. The summed E-state index contributed by atoms with van der Waals surface area (Å²) in [4.78, 5) is 5.22. The highest BCUT2D eigenvalue weighted by molar-refractivity contribution is 5.51. The fourth-order valence-electron chi connectivity index (χ4n) is 2.96. The summed E-state index contributed by atoms with van der Waals surface area (Å²) in [7, 11) is 0. The van der Waals surface area contributed by atoms with Gasteiger partial charge in [0.05, 0.1) is 17.8 Å². The van der Waals surface area contributed by atoms with Crippen LogP contribution in [0.4, 0.5) is 54.0 Å². The lowest BCUT2D eigenvalue weighted by molar-refractivity contribution is -0.360. The molecule has 0 spiro atoms. The van der Waals surface area contributed by atoms with Gasteiger partial charge in [0, 0.05) is 12.1 Å². The minimum Gasteiger partial charge on any atom is -0.457 e. The van der Waals surface area contributed by atoms with Crippen LogP contribution >= 0.6 is 0 Å². The number of halogens is 11. The van der Waals surface area contributed by atoms with Crippen LogP contribution in [-0.4, -0.2) is 36.2 Å². The van der Waals surface area contributed by atoms with Gasteiger partial charge in [-0.2, -0.15) is 48.3 Å². The second-order valence-corrected chi connectivity index (χ2v) is 7.93. The summed E-state index contributed by atoms with van der Waals surface area (Å²) in [5.41, 5.74) is -1.44. The molecule has 0 fully saturated rings. The number of aliphatic hydroxyl groups is 1. The molecular weight excluding hydrogens is 575 g/mol. The monoisotopic (exact) mass is 591 g/mol. The molecule has 0 aliphatic heterocycles. The molecule has 0 aliphatic rings. The Morgan fingerprint density at radius 3 is 1.82 bits per heavy atom. The third-order valence-electron chi connectivity index (χ3n) is 4.82. The molecule has 0 aliphatic carbocycles. The fraction of sp³-hybridized carbons (Fsp3) is 0.250. The molecule has 0 radical (unpaired) electrons. The molecule has 3 aromatic rings. The Hall–Kier alpha value is -3.95. The molecule has 1 N–H and O–H groups in total. The molecule has 0 aromatic heterocycles. The van der Waals surface area contributed by atoms with Gasteiger partial charge in [-0.05, 0) is 42.5 Å². The van der Waals surface area contributed by atoms with Gasteiger partial charge in [-0.15, -0.1) is 0 Å². The molecule has 0 saturated heterocycles. The van der Waals surface area contributed by atoms with E-state index in [0.29, 0.717) is 23.3 Å². The first-order valence-corrected chi connectivity index (χ1v) is 10.7. The quantitative estimate of drug-likeness (QED) is 0.204. The van der Waals surface area contributed by atoms with Gasteiger partial charge < -0.3 is 19.4 Å². The maximum absolute atomic E-state index is 13.2. The Labute approximate surface area is 217 Å². The van der Waals surface area contributed by atoms with Gasteiger partial charge in [-0.3, -0.25) is 0 Å². The molecule has 5 nitrogen and oxygen atoms in total. The van der Waals surface area contributed by atoms with E-state index in [0.717, 1.165) is 42.5 Å². The van der Waals surface area contributed by atoms with E-state index in [2.05, 4.69) is 4.74 Å². The number of aliphatic hydroxyl groups excluding tert-OH is 1. The van der Waals surface area contributed by atoms with Crippen LogP contribution in [0.25, 0.3) is 0 Å². The lowest BCUT2D eigenvalue weighted by atomic mass is 10.2. The molecule has 218 valence electrons. The van der Waals surface area contributed by atoms with Gasteiger partial charge >= 0.3 is 24.6 Å². The summed E-state index contributed by atoms with van der Waals surface area (Å²) in [6, 6.07) is 11.3. The van der Waals surface area contributed by atoms with E-state index in [1.165, 1.54) is 12.1 Å². The predicted molar refractivity (Wildman–Crippen MR) is 116 cm³/mol. The standard InChI is InChI=1S/C24H16F11NO4/c25-21(26,27)14-4-1-9-19(10-14)40-36(13-20(37)22(28,29)30)15-5-2-6-16(11-15)38-17-7-3-8-18(12-17)39-24(34,35)23(31,32)33/h1-12,20,37H,13H2/t20-/m0/s1. The van der Waals surface area contributed by atoms with Crippen LogP contribution in [0, 0.1) is 0 Å². The van der Waals surface area contributed by atoms with Crippen LogP contribution in [-0.2, 0) is 6.18 Å². The van der Waals surface area contributed by atoms with Gasteiger partial charge in [0.15, 0.2) is 11.9 Å². The molecule has 40 heavy (non-hydrogen) atoms. The molecular formula is C24H16F11NO4. The summed E-state index contributed by atoms with van der Waals surface area (Å²) < 4.78 is 151. The van der Waals surface area contributed by atoms with Crippen molar-refractivity contribution in [2.75, 3.05) is 11.6 Å². The van der Waals surface area contributed by atoms with Crippen molar-refractivity contribution in [3.63, 3.8) is 0 Å². The zero-order chi connectivity index (χ0) is 29.9. The van der Waals surface area contributed by atoms with E-state index in [4.69, 9.17) is 9.57 Å². The lowest BCUT2D eigenvalue weighted by Crippen LogP contribution is -2.42. The highest BCUT2D eigenvalue weighted by Crippen LogP contribution is 2.39. The van der Waals surface area contributed by atoms with Crippen molar-refractivity contribution in [2.45, 2.75) is 30.7 Å². The number of rotatable bonds is 9. The summed E-state index contributed by atoms with van der Waals surface area (Å²) in [6.07, 6.45) is -24.5. The van der Waals surface area contributed by atoms with Gasteiger partial charge in [0.25, 0.3) is 0 Å². The number of anilines is 1. The van der Waals surface area contributed by atoms with Crippen molar-refractivity contribution in [2.24, 2.45) is 0 Å². The lowest BCUT2D eigenvalue weighted by Gasteiger charge is -2.28. The molecule has 0 saturated carbocycles. The SMILES string of the molecule is O[C@@H](CN(Oc1cccc(C(F)(F)F)c1)c1cccc(Oc2cccc(OC(F)(F)C(F)(F)F)c2)c1)C(F)(F)F. The first-order chi connectivity index (χ1) is 18.3. The third kappa shape index (κ3) is 8.03. The molecule has 1 atom stereocenters. The van der Waals surface area contributed by atoms with Gasteiger partial charge in [-0.25, -0.2) is 5.06 Å². The number of benzene rings is 3. The highest BCUT2D eigenvalue weighted by Gasteiger charge is 2.61. The first-order valence-electron chi connectivity index (χ1n) is 10.7. The van der Waals surface area contributed by atoms with Gasteiger partial charge in [0.2, 0.25) is 0 Å². The van der Waals surface area contributed by atoms with Crippen LogP contribution in [0.5, 0.6) is 23.0 Å². The fourth-order valence-corrected chi connectivity index (χ4v) is 2.96. The van der Waals surface area contributed by atoms with Crippen LogP contribution in [0.1, 0.15) is 5.56 Å². The smallest absolute Gasteiger partial charge is 0.457 e. The largest absolute Gasteiger partial charge is 0.499 e. The van der Waals surface area contributed by atoms with Crippen molar-refractivity contribution in [3.8, 4) is 23.0 Å². The Bertz CT molecular complexity index is 1290. The van der Waals surface area contributed by atoms with E-state index in [1.54, 1.807) is 0 Å². The first kappa shape index (κ1) is 30.6. The summed E-state index contributed by atoms with van der Waals surface area (Å²) in [5.74, 6) is -2.01. The predicted octanol–water partition coefficient (Wildman–Crippen LogP) is 7.76. The van der Waals surface area contributed by atoms with Crippen molar-refractivity contribution in [1.82, 2.24) is 0 Å². The average molecular weight is 591 g/mol. The zero-order valence-electron chi connectivity index (χ0n) is 19.5. The van der Waals surface area contributed by atoms with E-state index < -0.39 is 54.3 Å². The molecule has 0 bridgehead atoms. The average Bonchev–Trinajstić information content (AvgIpc) is 2.82. The van der Waals surface area contributed by atoms with Gasteiger partial charge in [0.1, 0.15) is 17.2 Å². The van der Waals surface area contributed by atoms with Gasteiger partial charge in [-0.1, -0.05) is 18.2 Å². The second kappa shape index (κ2) is 11.3. The van der Waals surface area contributed by atoms with E-state index in [-0.39, 0.29) is 17.2 Å². The number of hydrogen-bond acceptors (Lipinski definition) is 5. The summed E-state index contributed by atoms with van der Waals surface area (Å²) >= 11 is 0. The minimum atomic E-state index is -6.01. The Morgan fingerprint density at radius 1 is 0.675 bits per heavy atom. The van der Waals surface area contributed by atoms with Crippen LogP contribution in [0.3, 0.4) is 0 Å². The molecule has 3 aromatic carbocycles. The van der Waals surface area contributed by atoms with Crippen LogP contribution in [0.15, 0.2) is 72.8 Å². The van der Waals surface area contributed by atoms with Crippen molar-refractivity contribution in [3.05, 3.63) is 78.4 Å². The summed E-state index contributed by atoms with van der Waals surface area (Å²) in [6.45, 7) is -1.31. The number of ether oxygens (including phenoxy) is 2. The van der Waals surface area contributed by atoms with Crippen LogP contribution in [0.2, 0.25) is 0 Å². The van der Waals surface area contributed by atoms with Crippen molar-refractivity contribution < 1.29 is 67.7 Å². The summed E-state index contributed by atoms with van der Waals surface area (Å²) in [5, 5.41) is 9.99. The van der Waals surface area contributed by atoms with Crippen molar-refractivity contribution in [1.29, 1.82) is 0 Å². The zero-order valence-corrected chi connectivity index (χ0v) is 19.5. The Morgan fingerprint density at radius 2 is 1.23 bits per heavy atom. The number of hydrogen-bond donors (Lipinski definition) is 1. The molecule has 0 heterocycles. The van der Waals surface area contributed by atoms with Crippen LogP contribution < -0.4 is 19.4 Å². The number of hydroxylamine groups is 1. The molecule has 3 rings (SSSR count). The van der Waals surface area contributed by atoms with E-state index >= 15 is 0 Å². The molecule has 0 unspecified atom stereocenters. The molecule has 16 heteroatoms. The van der Waals surface area contributed by atoms with E-state index in [1.807, 2.05) is 0 Å². The maximum Gasteiger partial charge on any atom is 0.499 e. The normalized spacial score (nSPS) is 13.5. The minimum absolute atomic E-state index is 0.212. The maximum atomic E-state index is 13.2. The number of nitrogens with zero attached hydrogens (tertiary/aromatic N) is 1. The molecule has 0 amide bonds. The van der Waals surface area contributed by atoms with E-state index in [9.17, 15) is 53.4 Å². The Balaban J connectivity index is 1.88.